The molecule has 4 amide bonds. The lowest BCUT2D eigenvalue weighted by molar-refractivity contribution is -0.127. The molecule has 0 rings (SSSR count). The standard InChI is InChI=1S/C16H31N5O4/c17-9-5-1-3-7-14(23)19-10-6-2-4-8-15(24)21-12-16(25)20-11-13(18)22/h1-12,17H2,(H2,18,22)(H,19,23)(H,20,25)(H,21,24). The molecule has 0 aliphatic heterocycles. The molecule has 0 aromatic carbocycles. The summed E-state index contributed by atoms with van der Waals surface area (Å²) in [5, 5.41) is 7.60. The van der Waals surface area contributed by atoms with E-state index in [2.05, 4.69) is 16.0 Å². The quantitative estimate of drug-likeness (QED) is 0.235. The van der Waals surface area contributed by atoms with E-state index < -0.39 is 11.8 Å². The van der Waals surface area contributed by atoms with Crippen LogP contribution in [0.1, 0.15) is 51.4 Å². The van der Waals surface area contributed by atoms with Gasteiger partial charge in [0, 0.05) is 19.4 Å². The van der Waals surface area contributed by atoms with Crippen molar-refractivity contribution in [2.45, 2.75) is 51.4 Å². The van der Waals surface area contributed by atoms with Gasteiger partial charge in [0.1, 0.15) is 0 Å². The van der Waals surface area contributed by atoms with Gasteiger partial charge in [0.05, 0.1) is 13.1 Å². The summed E-state index contributed by atoms with van der Waals surface area (Å²) in [4.78, 5) is 44.8. The normalized spacial score (nSPS) is 10.1. The van der Waals surface area contributed by atoms with Gasteiger partial charge in [-0.15, -0.1) is 0 Å². The molecule has 9 heteroatoms. The highest BCUT2D eigenvalue weighted by molar-refractivity contribution is 5.87. The highest BCUT2D eigenvalue weighted by Gasteiger charge is 2.06. The largest absolute Gasteiger partial charge is 0.368 e. The van der Waals surface area contributed by atoms with Crippen LogP contribution < -0.4 is 27.4 Å². The van der Waals surface area contributed by atoms with E-state index in [1.54, 1.807) is 0 Å². The molecule has 0 radical (unpaired) electrons. The van der Waals surface area contributed by atoms with Crippen molar-refractivity contribution in [1.82, 2.24) is 16.0 Å². The zero-order valence-electron chi connectivity index (χ0n) is 14.8. The Bertz CT molecular complexity index is 429. The minimum atomic E-state index is -0.637. The maximum atomic E-state index is 11.5. The summed E-state index contributed by atoms with van der Waals surface area (Å²) in [7, 11) is 0. The van der Waals surface area contributed by atoms with Crippen LogP contribution in [0.15, 0.2) is 0 Å². The maximum Gasteiger partial charge on any atom is 0.239 e. The minimum absolute atomic E-state index is 0.0525. The molecule has 0 aromatic rings. The number of amides is 4. The van der Waals surface area contributed by atoms with Crippen molar-refractivity contribution in [3.8, 4) is 0 Å². The molecule has 0 bridgehead atoms. The van der Waals surface area contributed by atoms with Crippen LogP contribution in [0.25, 0.3) is 0 Å². The van der Waals surface area contributed by atoms with Gasteiger partial charge in [0.25, 0.3) is 0 Å². The van der Waals surface area contributed by atoms with E-state index >= 15 is 0 Å². The number of unbranched alkanes of at least 4 members (excludes halogenated alkanes) is 4. The molecular weight excluding hydrogens is 326 g/mol. The number of primary amides is 1. The first-order valence-corrected chi connectivity index (χ1v) is 8.74. The Kier molecular flexibility index (Phi) is 14.0. The number of carbonyl (C=O) groups is 4. The first-order chi connectivity index (χ1) is 12.0. The molecular formula is C16H31N5O4. The van der Waals surface area contributed by atoms with E-state index in [4.69, 9.17) is 11.5 Å². The molecule has 0 saturated carbocycles. The van der Waals surface area contributed by atoms with E-state index in [1.807, 2.05) is 0 Å². The fourth-order valence-corrected chi connectivity index (χ4v) is 2.03. The van der Waals surface area contributed by atoms with Crippen LogP contribution in [0.3, 0.4) is 0 Å². The van der Waals surface area contributed by atoms with Crippen LogP contribution in [0.4, 0.5) is 0 Å². The second-order valence-electron chi connectivity index (χ2n) is 5.78. The van der Waals surface area contributed by atoms with Crippen molar-refractivity contribution in [1.29, 1.82) is 0 Å². The Hall–Kier alpha value is -2.16. The van der Waals surface area contributed by atoms with Crippen LogP contribution in [0, 0.1) is 0 Å². The summed E-state index contributed by atoms with van der Waals surface area (Å²) >= 11 is 0. The van der Waals surface area contributed by atoms with Crippen molar-refractivity contribution < 1.29 is 19.2 Å². The summed E-state index contributed by atoms with van der Waals surface area (Å²) in [6.45, 7) is 0.847. The molecule has 25 heavy (non-hydrogen) atoms. The van der Waals surface area contributed by atoms with Crippen LogP contribution >= 0.6 is 0 Å². The van der Waals surface area contributed by atoms with Gasteiger partial charge < -0.3 is 27.4 Å². The molecule has 7 N–H and O–H groups in total. The van der Waals surface area contributed by atoms with Crippen molar-refractivity contribution in [2.24, 2.45) is 11.5 Å². The molecule has 0 unspecified atom stereocenters. The van der Waals surface area contributed by atoms with Gasteiger partial charge in [0.2, 0.25) is 23.6 Å². The predicted octanol–water partition coefficient (Wildman–Crippen LogP) is -1.10. The highest BCUT2D eigenvalue weighted by atomic mass is 16.2. The Balaban J connectivity index is 3.46. The van der Waals surface area contributed by atoms with Gasteiger partial charge >= 0.3 is 0 Å². The molecule has 0 atom stereocenters. The Morgan fingerprint density at radius 3 is 1.80 bits per heavy atom. The van der Waals surface area contributed by atoms with Crippen LogP contribution in [-0.2, 0) is 19.2 Å². The maximum absolute atomic E-state index is 11.5. The number of carbonyl (C=O) groups excluding carboxylic acids is 4. The van der Waals surface area contributed by atoms with Gasteiger partial charge in [-0.1, -0.05) is 12.8 Å². The zero-order chi connectivity index (χ0) is 18.9. The smallest absolute Gasteiger partial charge is 0.239 e. The molecule has 0 heterocycles. The molecule has 0 saturated heterocycles. The van der Waals surface area contributed by atoms with Crippen molar-refractivity contribution in [3.63, 3.8) is 0 Å². The lowest BCUT2D eigenvalue weighted by atomic mass is 10.1. The Morgan fingerprint density at radius 1 is 0.640 bits per heavy atom. The fraction of sp³-hybridized carbons (Fsp3) is 0.750. The van der Waals surface area contributed by atoms with Crippen LogP contribution in [-0.4, -0.2) is 49.8 Å². The van der Waals surface area contributed by atoms with Crippen LogP contribution in [0.5, 0.6) is 0 Å². The van der Waals surface area contributed by atoms with Crippen molar-refractivity contribution >= 4 is 23.6 Å². The van der Waals surface area contributed by atoms with Gasteiger partial charge in [-0.05, 0) is 32.2 Å². The van der Waals surface area contributed by atoms with Gasteiger partial charge in [-0.25, -0.2) is 0 Å². The second-order valence-corrected chi connectivity index (χ2v) is 5.78. The third kappa shape index (κ3) is 16.5. The molecule has 0 aliphatic carbocycles. The molecule has 0 aliphatic rings. The molecule has 144 valence electrons. The summed E-state index contributed by atoms with van der Waals surface area (Å²) in [6, 6.07) is 0. The first kappa shape index (κ1) is 22.8. The van der Waals surface area contributed by atoms with Gasteiger partial charge in [-0.3, -0.25) is 19.2 Å². The molecule has 0 aromatic heterocycles. The summed E-state index contributed by atoms with van der Waals surface area (Å²) in [5.41, 5.74) is 10.3. The third-order valence-corrected chi connectivity index (χ3v) is 3.42. The predicted molar refractivity (Wildman–Crippen MR) is 94.2 cm³/mol. The first-order valence-electron chi connectivity index (χ1n) is 8.74. The topological polar surface area (TPSA) is 156 Å². The average molecular weight is 357 g/mol. The third-order valence-electron chi connectivity index (χ3n) is 3.42. The average Bonchev–Trinajstić information content (AvgIpc) is 2.58. The molecule has 0 spiro atoms. The minimum Gasteiger partial charge on any atom is -0.368 e. The number of nitrogens with two attached hydrogens (primary N) is 2. The number of hydrogen-bond acceptors (Lipinski definition) is 5. The lowest BCUT2D eigenvalue weighted by Crippen LogP contribution is -2.40. The van der Waals surface area contributed by atoms with E-state index in [-0.39, 0.29) is 24.9 Å². The van der Waals surface area contributed by atoms with Crippen molar-refractivity contribution in [3.05, 3.63) is 0 Å². The molecule has 0 fully saturated rings. The monoisotopic (exact) mass is 357 g/mol. The highest BCUT2D eigenvalue weighted by Crippen LogP contribution is 2.00. The zero-order valence-corrected chi connectivity index (χ0v) is 14.8. The second kappa shape index (κ2) is 15.4. The van der Waals surface area contributed by atoms with Crippen molar-refractivity contribution in [2.75, 3.05) is 26.2 Å². The van der Waals surface area contributed by atoms with Gasteiger partial charge in [-0.2, -0.15) is 0 Å². The van der Waals surface area contributed by atoms with E-state index in [1.165, 1.54) is 0 Å². The Labute approximate surface area is 148 Å². The number of hydrogen-bond donors (Lipinski definition) is 5. The fourth-order valence-electron chi connectivity index (χ4n) is 2.03. The lowest BCUT2D eigenvalue weighted by Gasteiger charge is -2.06. The summed E-state index contributed by atoms with van der Waals surface area (Å²) in [6.07, 6.45) is 5.92. The van der Waals surface area contributed by atoms with E-state index in [0.29, 0.717) is 32.4 Å². The van der Waals surface area contributed by atoms with Gasteiger partial charge in [0.15, 0.2) is 0 Å². The number of nitrogens with one attached hydrogen (secondary N) is 3. The van der Waals surface area contributed by atoms with E-state index in [9.17, 15) is 19.2 Å². The Morgan fingerprint density at radius 2 is 1.20 bits per heavy atom. The SMILES string of the molecule is NCCCCCC(=O)NCCCCCC(=O)NCC(=O)NCC(N)=O. The van der Waals surface area contributed by atoms with E-state index in [0.717, 1.165) is 32.1 Å². The summed E-state index contributed by atoms with van der Waals surface area (Å²) < 4.78 is 0. The molecule has 9 nitrogen and oxygen atoms in total. The van der Waals surface area contributed by atoms with Crippen LogP contribution in [0.2, 0.25) is 0 Å². The number of rotatable bonds is 15. The summed E-state index contributed by atoms with van der Waals surface area (Å²) in [5.74, 6) is -1.27.